The molecule has 0 saturated heterocycles. The number of hydrogen-bond acceptors (Lipinski definition) is 5. The number of fused-ring (bicyclic) bond motifs is 1. The van der Waals surface area contributed by atoms with E-state index in [1.807, 2.05) is 24.3 Å². The van der Waals surface area contributed by atoms with Crippen LogP contribution in [-0.4, -0.2) is 33.8 Å². The Kier molecular flexibility index (Phi) is 4.97. The fraction of sp³-hybridized carbons (Fsp3) is 0.316. The maximum absolute atomic E-state index is 12.5. The van der Waals surface area contributed by atoms with E-state index in [9.17, 15) is 4.79 Å². The van der Waals surface area contributed by atoms with E-state index >= 15 is 0 Å². The number of carbonyl (C=O) groups excluding carboxylic acids is 1. The van der Waals surface area contributed by atoms with Gasteiger partial charge in [-0.1, -0.05) is 18.2 Å². The molecule has 1 atom stereocenters. The molecule has 1 N–H and O–H groups in total. The molecule has 1 aliphatic rings. The lowest BCUT2D eigenvalue weighted by Gasteiger charge is -2.15. The molecule has 0 aromatic heterocycles. The SMILES string of the molecule is COc1cc(NC(=O)CC2COc3ccccc32)cc(OC)c1OC. The standard InChI is InChI=1S/C19H21NO5/c1-22-16-9-13(10-17(23-2)19(16)24-3)20-18(21)8-12-11-25-15-7-5-4-6-14(12)15/h4-7,9-10,12H,8,11H2,1-3H3,(H,20,21). The molecule has 132 valence electrons. The van der Waals surface area contributed by atoms with Crippen LogP contribution >= 0.6 is 0 Å². The summed E-state index contributed by atoms with van der Waals surface area (Å²) in [5, 5.41) is 2.89. The van der Waals surface area contributed by atoms with Crippen molar-refractivity contribution in [3.63, 3.8) is 0 Å². The van der Waals surface area contributed by atoms with Gasteiger partial charge in [0.2, 0.25) is 11.7 Å². The maximum Gasteiger partial charge on any atom is 0.225 e. The van der Waals surface area contributed by atoms with Crippen molar-refractivity contribution in [2.45, 2.75) is 12.3 Å². The summed E-state index contributed by atoms with van der Waals surface area (Å²) in [7, 11) is 4.61. The van der Waals surface area contributed by atoms with Crippen LogP contribution in [0.25, 0.3) is 0 Å². The Morgan fingerprint density at radius 1 is 1.12 bits per heavy atom. The first-order valence-electron chi connectivity index (χ1n) is 7.97. The highest BCUT2D eigenvalue weighted by Gasteiger charge is 2.26. The summed E-state index contributed by atoms with van der Waals surface area (Å²) < 4.78 is 21.5. The lowest BCUT2D eigenvalue weighted by Crippen LogP contribution is -2.16. The van der Waals surface area contributed by atoms with Gasteiger partial charge in [-0.25, -0.2) is 0 Å². The quantitative estimate of drug-likeness (QED) is 0.872. The molecule has 2 aromatic rings. The molecule has 0 saturated carbocycles. The van der Waals surface area contributed by atoms with Crippen molar-refractivity contribution >= 4 is 11.6 Å². The Balaban J connectivity index is 1.73. The van der Waals surface area contributed by atoms with Gasteiger partial charge in [-0.15, -0.1) is 0 Å². The lowest BCUT2D eigenvalue weighted by atomic mass is 9.97. The van der Waals surface area contributed by atoms with Gasteiger partial charge in [0.05, 0.1) is 27.9 Å². The van der Waals surface area contributed by atoms with E-state index < -0.39 is 0 Å². The lowest BCUT2D eigenvalue weighted by molar-refractivity contribution is -0.116. The van der Waals surface area contributed by atoms with E-state index in [2.05, 4.69) is 5.32 Å². The fourth-order valence-corrected chi connectivity index (χ4v) is 2.99. The van der Waals surface area contributed by atoms with E-state index in [0.29, 0.717) is 36.0 Å². The van der Waals surface area contributed by atoms with Crippen molar-refractivity contribution in [3.8, 4) is 23.0 Å². The number of ether oxygens (including phenoxy) is 4. The number of anilines is 1. The van der Waals surface area contributed by atoms with Crippen LogP contribution in [0.4, 0.5) is 5.69 Å². The third kappa shape index (κ3) is 3.47. The Morgan fingerprint density at radius 3 is 2.44 bits per heavy atom. The summed E-state index contributed by atoms with van der Waals surface area (Å²) in [5.74, 6) is 2.28. The summed E-state index contributed by atoms with van der Waals surface area (Å²) in [6, 6.07) is 11.2. The molecule has 25 heavy (non-hydrogen) atoms. The van der Waals surface area contributed by atoms with Crippen molar-refractivity contribution < 1.29 is 23.7 Å². The number of nitrogens with one attached hydrogen (secondary N) is 1. The Morgan fingerprint density at radius 2 is 1.80 bits per heavy atom. The van der Waals surface area contributed by atoms with Crippen LogP contribution in [0, 0.1) is 0 Å². The van der Waals surface area contributed by atoms with Gasteiger partial charge in [0.25, 0.3) is 0 Å². The van der Waals surface area contributed by atoms with Crippen LogP contribution in [0.1, 0.15) is 17.9 Å². The molecule has 0 spiro atoms. The van der Waals surface area contributed by atoms with Crippen LogP contribution in [-0.2, 0) is 4.79 Å². The molecule has 0 radical (unpaired) electrons. The second kappa shape index (κ2) is 7.34. The van der Waals surface area contributed by atoms with Crippen molar-refractivity contribution in [2.24, 2.45) is 0 Å². The van der Waals surface area contributed by atoms with Crippen LogP contribution in [0.5, 0.6) is 23.0 Å². The second-order valence-electron chi connectivity index (χ2n) is 5.71. The van der Waals surface area contributed by atoms with E-state index in [0.717, 1.165) is 11.3 Å². The second-order valence-corrected chi connectivity index (χ2v) is 5.71. The smallest absolute Gasteiger partial charge is 0.225 e. The van der Waals surface area contributed by atoms with Crippen LogP contribution < -0.4 is 24.3 Å². The van der Waals surface area contributed by atoms with Gasteiger partial charge >= 0.3 is 0 Å². The monoisotopic (exact) mass is 343 g/mol. The number of carbonyl (C=O) groups is 1. The minimum atomic E-state index is -0.0976. The van der Waals surface area contributed by atoms with Crippen LogP contribution in [0.3, 0.4) is 0 Å². The molecule has 3 rings (SSSR count). The number of methoxy groups -OCH3 is 3. The van der Waals surface area contributed by atoms with Crippen LogP contribution in [0.15, 0.2) is 36.4 Å². The minimum Gasteiger partial charge on any atom is -0.493 e. The number of amides is 1. The van der Waals surface area contributed by atoms with Gasteiger partial charge in [0.1, 0.15) is 5.75 Å². The maximum atomic E-state index is 12.5. The normalized spacial score (nSPS) is 15.1. The summed E-state index contributed by atoms with van der Waals surface area (Å²) >= 11 is 0. The number of benzene rings is 2. The predicted molar refractivity (Wildman–Crippen MR) is 94.0 cm³/mol. The first kappa shape index (κ1) is 17.0. The molecular formula is C19H21NO5. The minimum absolute atomic E-state index is 0.0539. The first-order valence-corrected chi connectivity index (χ1v) is 7.97. The van der Waals surface area contributed by atoms with Gasteiger partial charge in [-0.2, -0.15) is 0 Å². The van der Waals surface area contributed by atoms with Crippen molar-refractivity contribution in [1.82, 2.24) is 0 Å². The summed E-state index contributed by atoms with van der Waals surface area (Å²) in [6.45, 7) is 0.516. The molecule has 6 nitrogen and oxygen atoms in total. The van der Waals surface area contributed by atoms with E-state index in [-0.39, 0.29) is 11.8 Å². The molecule has 0 fully saturated rings. The van der Waals surface area contributed by atoms with Gasteiger partial charge in [-0.05, 0) is 6.07 Å². The fourth-order valence-electron chi connectivity index (χ4n) is 2.99. The molecule has 0 bridgehead atoms. The van der Waals surface area contributed by atoms with Crippen LogP contribution in [0.2, 0.25) is 0 Å². The number of hydrogen-bond donors (Lipinski definition) is 1. The van der Waals surface area contributed by atoms with Gasteiger partial charge in [0.15, 0.2) is 11.5 Å². The molecule has 6 heteroatoms. The molecule has 2 aromatic carbocycles. The summed E-state index contributed by atoms with van der Waals surface area (Å²) in [6.07, 6.45) is 0.341. The Labute approximate surface area is 146 Å². The molecule has 1 heterocycles. The van der Waals surface area contributed by atoms with E-state index in [4.69, 9.17) is 18.9 Å². The molecule has 1 unspecified atom stereocenters. The average molecular weight is 343 g/mol. The first-order chi connectivity index (χ1) is 12.2. The molecule has 0 aliphatic carbocycles. The number of rotatable bonds is 6. The predicted octanol–water partition coefficient (Wildman–Crippen LogP) is 3.22. The highest BCUT2D eigenvalue weighted by molar-refractivity contribution is 5.92. The average Bonchev–Trinajstić information content (AvgIpc) is 3.03. The zero-order valence-electron chi connectivity index (χ0n) is 14.5. The summed E-state index contributed by atoms with van der Waals surface area (Å²) in [4.78, 5) is 12.5. The zero-order valence-corrected chi connectivity index (χ0v) is 14.5. The van der Waals surface area contributed by atoms with E-state index in [1.54, 1.807) is 12.1 Å². The highest BCUT2D eigenvalue weighted by Crippen LogP contribution is 2.40. The summed E-state index contributed by atoms with van der Waals surface area (Å²) in [5.41, 5.74) is 1.66. The number of para-hydroxylation sites is 1. The Bertz CT molecular complexity index is 749. The molecule has 1 amide bonds. The largest absolute Gasteiger partial charge is 0.493 e. The topological polar surface area (TPSA) is 66.0 Å². The van der Waals surface area contributed by atoms with Gasteiger partial charge in [0, 0.05) is 35.7 Å². The van der Waals surface area contributed by atoms with Crippen molar-refractivity contribution in [1.29, 1.82) is 0 Å². The highest BCUT2D eigenvalue weighted by atomic mass is 16.5. The third-order valence-corrected chi connectivity index (χ3v) is 4.18. The Hall–Kier alpha value is -2.89. The van der Waals surface area contributed by atoms with Crippen molar-refractivity contribution in [3.05, 3.63) is 42.0 Å². The van der Waals surface area contributed by atoms with Gasteiger partial charge < -0.3 is 24.3 Å². The van der Waals surface area contributed by atoms with E-state index in [1.165, 1.54) is 21.3 Å². The molecular weight excluding hydrogens is 322 g/mol. The zero-order chi connectivity index (χ0) is 17.8. The third-order valence-electron chi connectivity index (χ3n) is 4.18. The van der Waals surface area contributed by atoms with Crippen molar-refractivity contribution in [2.75, 3.05) is 33.3 Å². The molecule has 1 aliphatic heterocycles. The van der Waals surface area contributed by atoms with Gasteiger partial charge in [-0.3, -0.25) is 4.79 Å².